The van der Waals surface area contributed by atoms with E-state index in [0.717, 1.165) is 23.8 Å². The highest BCUT2D eigenvalue weighted by Gasteiger charge is 2.39. The molecule has 3 atom stereocenters. The SMILES string of the molecule is CCN1CCC(CNC2CC3CCC2C3)CC1. The van der Waals surface area contributed by atoms with E-state index in [-0.39, 0.29) is 0 Å². The number of nitrogens with zero attached hydrogens (tertiary/aromatic N) is 1. The fourth-order valence-electron chi connectivity index (χ4n) is 4.32. The van der Waals surface area contributed by atoms with Crippen LogP contribution in [-0.2, 0) is 0 Å². The Balaban J connectivity index is 1.38. The van der Waals surface area contributed by atoms with Crippen LogP contribution >= 0.6 is 0 Å². The average Bonchev–Trinajstić information content (AvgIpc) is 2.99. The van der Waals surface area contributed by atoms with Crippen LogP contribution in [0.2, 0.25) is 0 Å². The molecule has 1 aliphatic heterocycles. The zero-order valence-electron chi connectivity index (χ0n) is 11.3. The molecule has 0 radical (unpaired) electrons. The molecule has 0 aromatic carbocycles. The normalized spacial score (nSPS) is 39.0. The molecule has 2 nitrogen and oxygen atoms in total. The van der Waals surface area contributed by atoms with E-state index in [1.54, 1.807) is 0 Å². The summed E-state index contributed by atoms with van der Waals surface area (Å²) in [6.07, 6.45) is 8.89. The maximum atomic E-state index is 3.90. The van der Waals surface area contributed by atoms with Crippen molar-refractivity contribution in [3.05, 3.63) is 0 Å². The van der Waals surface area contributed by atoms with Gasteiger partial charge in [0.25, 0.3) is 0 Å². The minimum atomic E-state index is 0.887. The monoisotopic (exact) mass is 236 g/mol. The molecular formula is C15H28N2. The largest absolute Gasteiger partial charge is 0.313 e. The molecule has 2 heteroatoms. The predicted molar refractivity (Wildman–Crippen MR) is 72.1 cm³/mol. The van der Waals surface area contributed by atoms with Crippen molar-refractivity contribution in [3.8, 4) is 0 Å². The van der Waals surface area contributed by atoms with Gasteiger partial charge in [0, 0.05) is 6.04 Å². The Bertz CT molecular complexity index is 245. The molecule has 3 fully saturated rings. The lowest BCUT2D eigenvalue weighted by atomic mass is 9.93. The van der Waals surface area contributed by atoms with E-state index in [9.17, 15) is 0 Å². The van der Waals surface area contributed by atoms with Crippen LogP contribution in [0.15, 0.2) is 0 Å². The number of hydrogen-bond acceptors (Lipinski definition) is 2. The van der Waals surface area contributed by atoms with Gasteiger partial charge in [-0.15, -0.1) is 0 Å². The van der Waals surface area contributed by atoms with Crippen molar-refractivity contribution in [3.63, 3.8) is 0 Å². The van der Waals surface area contributed by atoms with Gasteiger partial charge in [-0.05, 0) is 76.0 Å². The van der Waals surface area contributed by atoms with Gasteiger partial charge in [-0.25, -0.2) is 0 Å². The molecule has 17 heavy (non-hydrogen) atoms. The van der Waals surface area contributed by atoms with Crippen LogP contribution in [0.4, 0.5) is 0 Å². The third-order valence-electron chi connectivity index (χ3n) is 5.56. The molecule has 98 valence electrons. The van der Waals surface area contributed by atoms with Gasteiger partial charge < -0.3 is 10.2 Å². The highest BCUT2D eigenvalue weighted by molar-refractivity contribution is 4.94. The second kappa shape index (κ2) is 5.27. The lowest BCUT2D eigenvalue weighted by Gasteiger charge is -2.32. The highest BCUT2D eigenvalue weighted by Crippen LogP contribution is 2.44. The minimum Gasteiger partial charge on any atom is -0.313 e. The summed E-state index contributed by atoms with van der Waals surface area (Å²) in [7, 11) is 0. The van der Waals surface area contributed by atoms with Gasteiger partial charge in [0.05, 0.1) is 0 Å². The van der Waals surface area contributed by atoms with Crippen molar-refractivity contribution in [2.45, 2.75) is 51.5 Å². The van der Waals surface area contributed by atoms with Crippen LogP contribution in [0, 0.1) is 17.8 Å². The summed E-state index contributed by atoms with van der Waals surface area (Å²) in [5.41, 5.74) is 0. The van der Waals surface area contributed by atoms with E-state index in [2.05, 4.69) is 17.1 Å². The molecule has 1 heterocycles. The Morgan fingerprint density at radius 2 is 1.88 bits per heavy atom. The predicted octanol–water partition coefficient (Wildman–Crippen LogP) is 2.50. The summed E-state index contributed by atoms with van der Waals surface area (Å²) in [6.45, 7) is 7.49. The first-order chi connectivity index (χ1) is 8.35. The first-order valence-corrected chi connectivity index (χ1v) is 7.81. The molecule has 0 spiro atoms. The van der Waals surface area contributed by atoms with E-state index in [0.29, 0.717) is 0 Å². The smallest absolute Gasteiger partial charge is 0.00981 e. The summed E-state index contributed by atoms with van der Waals surface area (Å²) < 4.78 is 0. The van der Waals surface area contributed by atoms with E-state index in [4.69, 9.17) is 0 Å². The van der Waals surface area contributed by atoms with Crippen LogP contribution in [0.5, 0.6) is 0 Å². The number of hydrogen-bond donors (Lipinski definition) is 1. The second-order valence-corrected chi connectivity index (χ2v) is 6.57. The fraction of sp³-hybridized carbons (Fsp3) is 1.00. The lowest BCUT2D eigenvalue weighted by Crippen LogP contribution is -2.41. The second-order valence-electron chi connectivity index (χ2n) is 6.57. The van der Waals surface area contributed by atoms with Gasteiger partial charge in [0.2, 0.25) is 0 Å². The molecular weight excluding hydrogens is 208 g/mol. The maximum Gasteiger partial charge on any atom is 0.00981 e. The summed E-state index contributed by atoms with van der Waals surface area (Å²) in [5.74, 6) is 3.08. The molecule has 0 aromatic heterocycles. The molecule has 1 saturated heterocycles. The van der Waals surface area contributed by atoms with Gasteiger partial charge >= 0.3 is 0 Å². The minimum absolute atomic E-state index is 0.887. The van der Waals surface area contributed by atoms with Gasteiger partial charge in [0.15, 0.2) is 0 Å². The first kappa shape index (κ1) is 12.0. The van der Waals surface area contributed by atoms with Gasteiger partial charge in [0.1, 0.15) is 0 Å². The number of nitrogens with one attached hydrogen (secondary N) is 1. The third kappa shape index (κ3) is 2.68. The molecule has 2 aliphatic carbocycles. The summed E-state index contributed by atoms with van der Waals surface area (Å²) in [6, 6.07) is 0.887. The van der Waals surface area contributed by atoms with Crippen molar-refractivity contribution in [2.24, 2.45) is 17.8 Å². The van der Waals surface area contributed by atoms with E-state index >= 15 is 0 Å². The standard InChI is InChI=1S/C15H28N2/c1-2-17-7-5-12(6-8-17)11-16-15-10-13-3-4-14(15)9-13/h12-16H,2-11H2,1H3. The molecule has 2 saturated carbocycles. The summed E-state index contributed by atoms with van der Waals surface area (Å²) in [4.78, 5) is 2.59. The van der Waals surface area contributed by atoms with Crippen molar-refractivity contribution in [1.29, 1.82) is 0 Å². The number of likely N-dealkylation sites (tertiary alicyclic amines) is 1. The van der Waals surface area contributed by atoms with Crippen molar-refractivity contribution < 1.29 is 0 Å². The molecule has 1 N–H and O–H groups in total. The Kier molecular flexibility index (Phi) is 3.72. The van der Waals surface area contributed by atoms with Crippen LogP contribution in [0.3, 0.4) is 0 Å². The third-order valence-corrected chi connectivity index (χ3v) is 5.56. The van der Waals surface area contributed by atoms with Crippen LogP contribution < -0.4 is 5.32 Å². The molecule has 3 rings (SSSR count). The zero-order chi connectivity index (χ0) is 11.7. The van der Waals surface area contributed by atoms with E-state index in [1.165, 1.54) is 64.7 Å². The van der Waals surface area contributed by atoms with Gasteiger partial charge in [-0.2, -0.15) is 0 Å². The van der Waals surface area contributed by atoms with Crippen molar-refractivity contribution in [1.82, 2.24) is 10.2 Å². The maximum absolute atomic E-state index is 3.90. The van der Waals surface area contributed by atoms with Gasteiger partial charge in [-0.3, -0.25) is 0 Å². The first-order valence-electron chi connectivity index (χ1n) is 7.81. The van der Waals surface area contributed by atoms with E-state index in [1.807, 2.05) is 0 Å². The molecule has 0 aromatic rings. The molecule has 3 aliphatic rings. The van der Waals surface area contributed by atoms with Crippen LogP contribution in [-0.4, -0.2) is 37.1 Å². The molecule has 2 bridgehead atoms. The van der Waals surface area contributed by atoms with Crippen LogP contribution in [0.1, 0.15) is 45.4 Å². The number of rotatable bonds is 4. The number of piperidine rings is 1. The van der Waals surface area contributed by atoms with Crippen LogP contribution in [0.25, 0.3) is 0 Å². The topological polar surface area (TPSA) is 15.3 Å². The Hall–Kier alpha value is -0.0800. The zero-order valence-corrected chi connectivity index (χ0v) is 11.3. The van der Waals surface area contributed by atoms with E-state index < -0.39 is 0 Å². The molecule has 0 amide bonds. The Labute approximate surface area is 106 Å². The Morgan fingerprint density at radius 1 is 1.06 bits per heavy atom. The lowest BCUT2D eigenvalue weighted by molar-refractivity contribution is 0.184. The Morgan fingerprint density at radius 3 is 2.47 bits per heavy atom. The summed E-state index contributed by atoms with van der Waals surface area (Å²) in [5, 5.41) is 3.90. The molecule has 3 unspecified atom stereocenters. The fourth-order valence-corrected chi connectivity index (χ4v) is 4.32. The summed E-state index contributed by atoms with van der Waals surface area (Å²) >= 11 is 0. The quantitative estimate of drug-likeness (QED) is 0.807. The average molecular weight is 236 g/mol. The number of fused-ring (bicyclic) bond motifs is 2. The highest BCUT2D eigenvalue weighted by atomic mass is 15.1. The van der Waals surface area contributed by atoms with Crippen molar-refractivity contribution >= 4 is 0 Å². The van der Waals surface area contributed by atoms with Crippen molar-refractivity contribution in [2.75, 3.05) is 26.2 Å². The van der Waals surface area contributed by atoms with Gasteiger partial charge in [-0.1, -0.05) is 13.3 Å².